The van der Waals surface area contributed by atoms with Gasteiger partial charge in [0, 0.05) is 23.3 Å². The highest BCUT2D eigenvalue weighted by atomic mass is 35.5. The van der Waals surface area contributed by atoms with Crippen LogP contribution in [-0.4, -0.2) is 53.2 Å². The molecular weight excluding hydrogens is 558 g/mol. The average molecular weight is 592 g/mol. The fraction of sp³-hybridized carbons (Fsp3) is 0.469. The van der Waals surface area contributed by atoms with Gasteiger partial charge in [0.05, 0.1) is 17.9 Å². The van der Waals surface area contributed by atoms with E-state index in [0.717, 1.165) is 24.8 Å². The number of amides is 3. The summed E-state index contributed by atoms with van der Waals surface area (Å²) in [6.45, 7) is 4.70. The minimum absolute atomic E-state index is 0.00535. The van der Waals surface area contributed by atoms with Crippen LogP contribution in [0.2, 0.25) is 5.02 Å². The Morgan fingerprint density at radius 2 is 1.83 bits per heavy atom. The van der Waals surface area contributed by atoms with Crippen LogP contribution in [0, 0.1) is 23.7 Å². The Morgan fingerprint density at radius 3 is 2.64 bits per heavy atom. The van der Waals surface area contributed by atoms with E-state index in [2.05, 4.69) is 24.5 Å². The largest absolute Gasteiger partial charge is 0.454 e. The highest BCUT2D eigenvalue weighted by molar-refractivity contribution is 6.30. The molecule has 2 saturated heterocycles. The van der Waals surface area contributed by atoms with E-state index in [0.29, 0.717) is 34.0 Å². The number of carbonyl (C=O) groups excluding carboxylic acids is 3. The molecule has 0 unspecified atom stereocenters. The van der Waals surface area contributed by atoms with Crippen molar-refractivity contribution < 1.29 is 28.6 Å². The van der Waals surface area contributed by atoms with Crippen LogP contribution in [0.25, 0.3) is 0 Å². The Hall–Kier alpha value is -3.56. The minimum atomic E-state index is -1.24. The molecule has 3 amide bonds. The summed E-state index contributed by atoms with van der Waals surface area (Å²) in [5.74, 6) is -0.445. The zero-order valence-electron chi connectivity index (χ0n) is 23.5. The Balaban J connectivity index is 1.21. The summed E-state index contributed by atoms with van der Waals surface area (Å²) in [7, 11) is 0. The van der Waals surface area contributed by atoms with Crippen LogP contribution in [-0.2, 0) is 25.7 Å². The number of ether oxygens (including phenoxy) is 3. The van der Waals surface area contributed by atoms with Gasteiger partial charge >= 0.3 is 0 Å². The monoisotopic (exact) mass is 591 g/mol. The van der Waals surface area contributed by atoms with Gasteiger partial charge in [-0.3, -0.25) is 14.4 Å². The molecule has 2 N–H and O–H groups in total. The maximum absolute atomic E-state index is 14.3. The maximum Gasteiger partial charge on any atom is 0.246 e. The van der Waals surface area contributed by atoms with E-state index in [4.69, 9.17) is 25.8 Å². The summed E-state index contributed by atoms with van der Waals surface area (Å²) in [6, 6.07) is 11.4. The van der Waals surface area contributed by atoms with Crippen molar-refractivity contribution in [2.24, 2.45) is 23.7 Å². The van der Waals surface area contributed by atoms with Crippen molar-refractivity contribution in [1.29, 1.82) is 0 Å². The number of carbonyl (C=O) groups is 3. The molecule has 9 nitrogen and oxygen atoms in total. The number of hydrogen-bond donors (Lipinski definition) is 2. The molecule has 220 valence electrons. The Labute approximate surface area is 249 Å². The van der Waals surface area contributed by atoms with Gasteiger partial charge in [0.25, 0.3) is 0 Å². The molecule has 0 aromatic heterocycles. The first-order valence-electron chi connectivity index (χ1n) is 14.7. The number of hydrogen-bond acceptors (Lipinski definition) is 6. The van der Waals surface area contributed by atoms with Crippen LogP contribution >= 0.6 is 11.6 Å². The third-order valence-electron chi connectivity index (χ3n) is 9.86. The molecule has 5 aliphatic rings. The number of benzene rings is 2. The van der Waals surface area contributed by atoms with Crippen LogP contribution in [0.1, 0.15) is 38.7 Å². The zero-order valence-corrected chi connectivity index (χ0v) is 24.3. The number of rotatable bonds is 6. The van der Waals surface area contributed by atoms with E-state index in [1.807, 2.05) is 30.4 Å². The number of fused-ring (bicyclic) bond motifs is 2. The van der Waals surface area contributed by atoms with Gasteiger partial charge < -0.3 is 29.7 Å². The normalized spacial score (nSPS) is 34.0. The molecule has 4 aliphatic heterocycles. The van der Waals surface area contributed by atoms with E-state index >= 15 is 0 Å². The molecule has 2 aromatic carbocycles. The second-order valence-electron chi connectivity index (χ2n) is 12.2. The van der Waals surface area contributed by atoms with Gasteiger partial charge in [0.1, 0.15) is 11.6 Å². The summed E-state index contributed by atoms with van der Waals surface area (Å²) in [5, 5.41) is 6.77. The fourth-order valence-electron chi connectivity index (χ4n) is 7.48. The molecule has 7 rings (SSSR count). The molecule has 3 fully saturated rings. The second kappa shape index (κ2) is 10.3. The van der Waals surface area contributed by atoms with E-state index in [1.165, 1.54) is 0 Å². The number of likely N-dealkylation sites (tertiary alicyclic amines) is 1. The Bertz CT molecular complexity index is 1460. The van der Waals surface area contributed by atoms with Crippen molar-refractivity contribution in [3.8, 4) is 11.5 Å². The van der Waals surface area contributed by atoms with Crippen molar-refractivity contribution in [3.63, 3.8) is 0 Å². The number of halogens is 1. The van der Waals surface area contributed by atoms with Crippen molar-refractivity contribution in [3.05, 3.63) is 65.2 Å². The fourth-order valence-corrected chi connectivity index (χ4v) is 7.61. The van der Waals surface area contributed by atoms with Gasteiger partial charge in [0.2, 0.25) is 24.5 Å². The highest BCUT2D eigenvalue weighted by Gasteiger charge is 2.72. The maximum atomic E-state index is 14.3. The quantitative estimate of drug-likeness (QED) is 0.485. The first kappa shape index (κ1) is 27.3. The first-order valence-corrected chi connectivity index (χ1v) is 15.1. The molecule has 8 atom stereocenters. The van der Waals surface area contributed by atoms with Gasteiger partial charge in [0.15, 0.2) is 11.5 Å². The summed E-state index contributed by atoms with van der Waals surface area (Å²) < 4.78 is 17.5. The van der Waals surface area contributed by atoms with Gasteiger partial charge in [-0.25, -0.2) is 0 Å². The Morgan fingerprint density at radius 1 is 1.05 bits per heavy atom. The topological polar surface area (TPSA) is 106 Å². The second-order valence-corrected chi connectivity index (χ2v) is 12.7. The molecule has 4 heterocycles. The molecule has 42 heavy (non-hydrogen) atoms. The van der Waals surface area contributed by atoms with E-state index in [9.17, 15) is 14.4 Å². The molecule has 1 spiro atoms. The molecule has 0 radical (unpaired) electrons. The van der Waals surface area contributed by atoms with Crippen molar-refractivity contribution in [2.75, 3.05) is 12.1 Å². The molecule has 1 aliphatic carbocycles. The van der Waals surface area contributed by atoms with Crippen molar-refractivity contribution in [2.45, 2.75) is 63.4 Å². The van der Waals surface area contributed by atoms with Gasteiger partial charge in [-0.05, 0) is 60.2 Å². The number of nitrogens with zero attached hydrogens (tertiary/aromatic N) is 1. The lowest BCUT2D eigenvalue weighted by Crippen LogP contribution is -2.57. The lowest BCUT2D eigenvalue weighted by molar-refractivity contribution is -0.142. The third kappa shape index (κ3) is 4.36. The van der Waals surface area contributed by atoms with Gasteiger partial charge in [-0.15, -0.1) is 0 Å². The molecule has 1 saturated carbocycles. The van der Waals surface area contributed by atoms with Crippen LogP contribution in [0.4, 0.5) is 5.69 Å². The van der Waals surface area contributed by atoms with Crippen LogP contribution < -0.4 is 20.1 Å². The van der Waals surface area contributed by atoms with Crippen LogP contribution in [0.3, 0.4) is 0 Å². The van der Waals surface area contributed by atoms with Crippen LogP contribution in [0.5, 0.6) is 11.5 Å². The number of nitrogens with one attached hydrogen (secondary N) is 2. The molecular formula is C32H34ClN3O6. The molecule has 10 heteroatoms. The standard InChI is InChI=1S/C32H34ClN3O6/c1-17-4-3-5-22(18(17)2)35-30(38)28-32-13-12-24(42-32)26(29(37)34-21-9-7-20(33)8-10-21)27(32)31(39)36(28)15-19-6-11-23-25(14-19)41-16-40-23/h6-14,17-18,22,24,26-28H,3-5,15-16H2,1-2H3,(H,34,37)(H,35,38)/t17-,18-,22+,24+,26-,27+,28+,32+/m1/s1. The lowest BCUT2D eigenvalue weighted by Gasteiger charge is -2.38. The summed E-state index contributed by atoms with van der Waals surface area (Å²) in [4.78, 5) is 43.8. The Kier molecular flexibility index (Phi) is 6.70. The predicted molar refractivity (Wildman–Crippen MR) is 155 cm³/mol. The minimum Gasteiger partial charge on any atom is -0.454 e. The van der Waals surface area contributed by atoms with Gasteiger partial charge in [-0.1, -0.05) is 56.5 Å². The predicted octanol–water partition coefficient (Wildman–Crippen LogP) is 4.30. The number of anilines is 1. The van der Waals surface area contributed by atoms with E-state index < -0.39 is 29.6 Å². The first-order chi connectivity index (χ1) is 20.2. The third-order valence-corrected chi connectivity index (χ3v) is 10.1. The molecule has 2 aromatic rings. The SMILES string of the molecule is C[C@@H]1[C@H](C)CCC[C@@H]1NC(=O)[C@@H]1N(Cc2ccc3c(c2)OCO3)C(=O)[C@@H]2[C@H](C(=O)Nc3ccc(Cl)cc3)[C@@H]3C=C[C@]21O3. The van der Waals surface area contributed by atoms with Crippen LogP contribution in [0.15, 0.2) is 54.6 Å². The highest BCUT2D eigenvalue weighted by Crippen LogP contribution is 2.55. The van der Waals surface area contributed by atoms with Crippen molar-refractivity contribution in [1.82, 2.24) is 10.2 Å². The summed E-state index contributed by atoms with van der Waals surface area (Å²) in [6.07, 6.45) is 6.12. The summed E-state index contributed by atoms with van der Waals surface area (Å²) in [5.41, 5.74) is 0.123. The van der Waals surface area contributed by atoms with E-state index in [1.54, 1.807) is 29.2 Å². The summed E-state index contributed by atoms with van der Waals surface area (Å²) >= 11 is 6.02. The van der Waals surface area contributed by atoms with Crippen molar-refractivity contribution >= 4 is 35.0 Å². The zero-order chi connectivity index (χ0) is 29.2. The van der Waals surface area contributed by atoms with Gasteiger partial charge in [-0.2, -0.15) is 0 Å². The van der Waals surface area contributed by atoms with E-state index in [-0.39, 0.29) is 37.1 Å². The lowest BCUT2D eigenvalue weighted by atomic mass is 9.73. The molecule has 2 bridgehead atoms. The average Bonchev–Trinajstić information content (AvgIpc) is 3.73. The smallest absolute Gasteiger partial charge is 0.246 e.